The monoisotopic (exact) mass is 480 g/mol. The van der Waals surface area contributed by atoms with Gasteiger partial charge < -0.3 is 25.5 Å². The minimum atomic E-state index is -0.986. The molecular weight excluding hydrogens is 452 g/mol. The number of ether oxygens (including phenoxy) is 1. The molecule has 2 aromatic heterocycles. The first-order valence-electron chi connectivity index (χ1n) is 11.8. The van der Waals surface area contributed by atoms with Crippen molar-refractivity contribution in [1.29, 1.82) is 0 Å². The number of nitrogen functional groups attached to an aromatic ring is 1. The molecule has 0 aliphatic rings. The summed E-state index contributed by atoms with van der Waals surface area (Å²) in [5, 5.41) is 13.0. The van der Waals surface area contributed by atoms with Gasteiger partial charge in [0.1, 0.15) is 17.3 Å². The van der Waals surface area contributed by atoms with Crippen molar-refractivity contribution in [2.45, 2.75) is 12.8 Å². The lowest BCUT2D eigenvalue weighted by atomic mass is 9.99. The lowest BCUT2D eigenvalue weighted by Gasteiger charge is -2.17. The number of carboxylic acid groups (broad SMARTS) is 1. The molecule has 7 nitrogen and oxygen atoms in total. The zero-order valence-electron chi connectivity index (χ0n) is 20.3. The maximum atomic E-state index is 12.2. The SMILES string of the molecule is CN(C)c1ncc(N)cc1-c1cccc2c(CCCOc3cccc4ccccc34)c(C(=O)O)[nH]c12. The second-order valence-corrected chi connectivity index (χ2v) is 8.98. The van der Waals surface area contributed by atoms with Crippen LogP contribution in [-0.2, 0) is 6.42 Å². The van der Waals surface area contributed by atoms with E-state index in [0.717, 1.165) is 49.9 Å². The van der Waals surface area contributed by atoms with E-state index < -0.39 is 5.97 Å². The van der Waals surface area contributed by atoms with Crippen molar-refractivity contribution in [2.75, 3.05) is 31.3 Å². The van der Waals surface area contributed by atoms with Gasteiger partial charge in [0.2, 0.25) is 0 Å². The summed E-state index contributed by atoms with van der Waals surface area (Å²) in [7, 11) is 3.84. The van der Waals surface area contributed by atoms with Gasteiger partial charge in [-0.3, -0.25) is 0 Å². The number of carboxylic acids is 1. The predicted octanol–water partition coefficient (Wildman–Crippen LogP) is 5.74. The molecular formula is C29H28N4O3. The number of nitrogens with two attached hydrogens (primary N) is 1. The lowest BCUT2D eigenvalue weighted by Crippen LogP contribution is -2.12. The third-order valence-electron chi connectivity index (χ3n) is 6.34. The van der Waals surface area contributed by atoms with E-state index in [4.69, 9.17) is 10.5 Å². The van der Waals surface area contributed by atoms with E-state index in [1.165, 1.54) is 0 Å². The van der Waals surface area contributed by atoms with Crippen LogP contribution in [0.4, 0.5) is 11.5 Å². The number of hydrogen-bond acceptors (Lipinski definition) is 5. The van der Waals surface area contributed by atoms with E-state index in [0.29, 0.717) is 25.1 Å². The molecule has 0 aliphatic carbocycles. The molecule has 0 aliphatic heterocycles. The smallest absolute Gasteiger partial charge is 0.352 e. The van der Waals surface area contributed by atoms with Crippen molar-refractivity contribution in [3.8, 4) is 16.9 Å². The zero-order valence-corrected chi connectivity index (χ0v) is 20.3. The molecule has 0 atom stereocenters. The highest BCUT2D eigenvalue weighted by Crippen LogP contribution is 2.37. The first-order chi connectivity index (χ1) is 17.4. The minimum absolute atomic E-state index is 0.200. The molecule has 5 rings (SSSR count). The fraction of sp³-hybridized carbons (Fsp3) is 0.172. The number of fused-ring (bicyclic) bond motifs is 2. The number of nitrogens with one attached hydrogen (secondary N) is 1. The number of aryl methyl sites for hydroxylation is 1. The molecule has 182 valence electrons. The maximum absolute atomic E-state index is 12.2. The van der Waals surface area contributed by atoms with E-state index in [1.807, 2.05) is 73.6 Å². The van der Waals surface area contributed by atoms with Crippen molar-refractivity contribution < 1.29 is 14.6 Å². The Morgan fingerprint density at radius 1 is 1.03 bits per heavy atom. The number of rotatable bonds is 8. The van der Waals surface area contributed by atoms with Crippen molar-refractivity contribution >= 4 is 39.1 Å². The summed E-state index contributed by atoms with van der Waals surface area (Å²) in [6.45, 7) is 0.476. The molecule has 0 radical (unpaired) electrons. The molecule has 4 N–H and O–H groups in total. The molecule has 7 heteroatoms. The molecule has 0 spiro atoms. The number of hydrogen-bond donors (Lipinski definition) is 3. The van der Waals surface area contributed by atoms with E-state index in [1.54, 1.807) is 6.20 Å². The second-order valence-electron chi connectivity index (χ2n) is 8.98. The van der Waals surface area contributed by atoms with Crippen LogP contribution in [0.2, 0.25) is 0 Å². The zero-order chi connectivity index (χ0) is 25.2. The van der Waals surface area contributed by atoms with Gasteiger partial charge in [0.25, 0.3) is 0 Å². The Hall–Kier alpha value is -4.52. The highest BCUT2D eigenvalue weighted by atomic mass is 16.5. The normalized spacial score (nSPS) is 11.2. The summed E-state index contributed by atoms with van der Waals surface area (Å²) in [6.07, 6.45) is 2.85. The second kappa shape index (κ2) is 9.62. The molecule has 36 heavy (non-hydrogen) atoms. The standard InChI is InChI=1S/C29H28N4O3/c1-33(2)28-24(16-19(30)17-31-28)23-12-6-11-21-22(27(29(34)35)32-26(21)23)13-7-15-36-25-14-5-9-18-8-3-4-10-20(18)25/h3-6,8-12,14,16-17,32H,7,13,15,30H2,1-2H3,(H,34,35). The summed E-state index contributed by atoms with van der Waals surface area (Å²) in [5.74, 6) is 0.604. The highest BCUT2D eigenvalue weighted by molar-refractivity contribution is 6.04. The Labute approximate surface area is 209 Å². The van der Waals surface area contributed by atoms with Crippen LogP contribution >= 0.6 is 0 Å². The Morgan fingerprint density at radius 2 is 1.78 bits per heavy atom. The van der Waals surface area contributed by atoms with Gasteiger partial charge in [-0.2, -0.15) is 0 Å². The molecule has 0 unspecified atom stereocenters. The van der Waals surface area contributed by atoms with Crippen molar-refractivity contribution in [3.05, 3.63) is 84.2 Å². The predicted molar refractivity (Wildman–Crippen MR) is 145 cm³/mol. The Morgan fingerprint density at radius 3 is 2.58 bits per heavy atom. The summed E-state index contributed by atoms with van der Waals surface area (Å²) >= 11 is 0. The Kier molecular flexibility index (Phi) is 6.21. The van der Waals surface area contributed by atoms with Crippen molar-refractivity contribution in [2.24, 2.45) is 0 Å². The van der Waals surface area contributed by atoms with Crippen LogP contribution in [0.5, 0.6) is 5.75 Å². The number of aromatic amines is 1. The summed E-state index contributed by atoms with van der Waals surface area (Å²) < 4.78 is 6.09. The van der Waals surface area contributed by atoms with Gasteiger partial charge in [-0.1, -0.05) is 54.6 Å². The van der Waals surface area contributed by atoms with Crippen LogP contribution in [0.25, 0.3) is 32.8 Å². The first-order valence-corrected chi connectivity index (χ1v) is 11.8. The fourth-order valence-corrected chi connectivity index (χ4v) is 4.72. The van der Waals surface area contributed by atoms with Crippen molar-refractivity contribution in [1.82, 2.24) is 9.97 Å². The van der Waals surface area contributed by atoms with E-state index in [9.17, 15) is 9.90 Å². The van der Waals surface area contributed by atoms with Crippen LogP contribution in [0, 0.1) is 0 Å². The third-order valence-corrected chi connectivity index (χ3v) is 6.34. The number of anilines is 2. The van der Waals surface area contributed by atoms with Crippen LogP contribution in [0.3, 0.4) is 0 Å². The number of nitrogens with zero attached hydrogens (tertiary/aromatic N) is 2. The van der Waals surface area contributed by atoms with Gasteiger partial charge in [0.15, 0.2) is 0 Å². The molecule has 0 saturated heterocycles. The van der Waals surface area contributed by atoms with E-state index in [2.05, 4.69) is 22.1 Å². The molecule has 0 amide bonds. The quantitative estimate of drug-likeness (QED) is 0.245. The van der Waals surface area contributed by atoms with Gasteiger partial charge in [0.05, 0.1) is 24.0 Å². The number of pyridine rings is 1. The molecule has 0 bridgehead atoms. The summed E-state index contributed by atoms with van der Waals surface area (Å²) in [5.41, 5.74) is 10.0. The van der Waals surface area contributed by atoms with Crippen molar-refractivity contribution in [3.63, 3.8) is 0 Å². The molecule has 2 heterocycles. The van der Waals surface area contributed by atoms with Gasteiger partial charge in [-0.25, -0.2) is 9.78 Å². The maximum Gasteiger partial charge on any atom is 0.352 e. The van der Waals surface area contributed by atoms with Gasteiger partial charge >= 0.3 is 5.97 Å². The number of aromatic carboxylic acids is 1. The van der Waals surface area contributed by atoms with Gasteiger partial charge in [-0.15, -0.1) is 0 Å². The molecule has 5 aromatic rings. The van der Waals surface area contributed by atoms with Crippen LogP contribution in [-0.4, -0.2) is 41.7 Å². The number of para-hydroxylation sites is 1. The van der Waals surface area contributed by atoms with E-state index in [-0.39, 0.29) is 5.69 Å². The molecule has 0 saturated carbocycles. The Bertz CT molecular complexity index is 1570. The summed E-state index contributed by atoms with van der Waals surface area (Å²) in [6, 6.07) is 21.8. The minimum Gasteiger partial charge on any atom is -0.493 e. The van der Waals surface area contributed by atoms with Gasteiger partial charge in [0, 0.05) is 36.0 Å². The fourth-order valence-electron chi connectivity index (χ4n) is 4.72. The average Bonchev–Trinajstić information content (AvgIpc) is 3.25. The molecule has 3 aromatic carbocycles. The number of carbonyl (C=O) groups is 1. The number of benzene rings is 3. The number of H-pyrrole nitrogens is 1. The number of aromatic nitrogens is 2. The van der Waals surface area contributed by atoms with E-state index >= 15 is 0 Å². The average molecular weight is 481 g/mol. The topological polar surface area (TPSA) is 104 Å². The highest BCUT2D eigenvalue weighted by Gasteiger charge is 2.21. The third kappa shape index (κ3) is 4.31. The Balaban J connectivity index is 1.46. The largest absolute Gasteiger partial charge is 0.493 e. The van der Waals surface area contributed by atoms with Crippen LogP contribution in [0.1, 0.15) is 22.5 Å². The molecule has 0 fully saturated rings. The summed E-state index contributed by atoms with van der Waals surface area (Å²) in [4.78, 5) is 21.7. The van der Waals surface area contributed by atoms with Gasteiger partial charge in [-0.05, 0) is 35.9 Å². The lowest BCUT2D eigenvalue weighted by molar-refractivity contribution is 0.0690. The first kappa shape index (κ1) is 23.2. The van der Waals surface area contributed by atoms with Crippen LogP contribution < -0.4 is 15.4 Å². The van der Waals surface area contributed by atoms with Crippen LogP contribution in [0.15, 0.2) is 72.9 Å².